The van der Waals surface area contributed by atoms with Crippen LogP contribution in [0.2, 0.25) is 0 Å². The van der Waals surface area contributed by atoms with E-state index in [-0.39, 0.29) is 5.91 Å². The van der Waals surface area contributed by atoms with Gasteiger partial charge in [0, 0.05) is 12.0 Å². The maximum atomic E-state index is 12.1. The Bertz CT molecular complexity index is 1070. The number of hydrogen-bond acceptors (Lipinski definition) is 8. The Hall–Kier alpha value is -3.04. The van der Waals surface area contributed by atoms with Crippen LogP contribution in [0.25, 0.3) is 11.5 Å². The molecule has 0 fully saturated rings. The van der Waals surface area contributed by atoms with E-state index in [9.17, 15) is 4.79 Å². The van der Waals surface area contributed by atoms with E-state index < -0.39 is 0 Å². The Morgan fingerprint density at radius 1 is 0.966 bits per heavy atom. The molecule has 1 N–H and O–H groups in total. The Balaban J connectivity index is 1.26. The highest BCUT2D eigenvalue weighted by Crippen LogP contribution is 2.29. The second-order valence-electron chi connectivity index (χ2n) is 6.06. The maximum Gasteiger partial charge on any atom is 0.247 e. The summed E-state index contributed by atoms with van der Waals surface area (Å²) >= 11 is 2.76. The molecule has 9 heteroatoms. The molecular weight excluding hydrogens is 406 g/mol. The molecule has 0 atom stereocenters. The van der Waals surface area contributed by atoms with Crippen molar-refractivity contribution in [2.45, 2.75) is 22.9 Å². The number of carbonyl (C=O) groups excluding carboxylic acids is 1. The second kappa shape index (κ2) is 9.44. The van der Waals surface area contributed by atoms with E-state index in [0.29, 0.717) is 35.5 Å². The summed E-state index contributed by atoms with van der Waals surface area (Å²) in [7, 11) is 0. The molecule has 0 aliphatic rings. The molecule has 0 aliphatic heterocycles. The zero-order chi connectivity index (χ0) is 19.9. The maximum absolute atomic E-state index is 12.1. The normalized spacial score (nSPS) is 10.8. The summed E-state index contributed by atoms with van der Waals surface area (Å²) in [5.41, 5.74) is 2.01. The van der Waals surface area contributed by atoms with Crippen molar-refractivity contribution in [2.24, 2.45) is 0 Å². The summed E-state index contributed by atoms with van der Waals surface area (Å²) in [6.45, 7) is 0. The van der Waals surface area contributed by atoms with Crippen molar-refractivity contribution >= 4 is 34.1 Å². The molecule has 0 saturated carbocycles. The predicted octanol–water partition coefficient (Wildman–Crippen LogP) is 4.45. The number of amides is 1. The number of carbonyl (C=O) groups is 1. The van der Waals surface area contributed by atoms with Crippen LogP contribution in [0.1, 0.15) is 17.9 Å². The average molecular weight is 424 g/mol. The van der Waals surface area contributed by atoms with Gasteiger partial charge in [0.1, 0.15) is 0 Å². The number of aromatic nitrogens is 4. The first-order valence-corrected chi connectivity index (χ1v) is 10.7. The number of rotatable bonds is 8. The molecule has 2 aromatic heterocycles. The van der Waals surface area contributed by atoms with Crippen LogP contribution < -0.4 is 5.32 Å². The largest absolute Gasteiger partial charge is 0.420 e. The van der Waals surface area contributed by atoms with Crippen LogP contribution in [0.5, 0.6) is 0 Å². The van der Waals surface area contributed by atoms with E-state index >= 15 is 0 Å². The molecule has 4 rings (SSSR count). The van der Waals surface area contributed by atoms with E-state index in [4.69, 9.17) is 4.42 Å². The third kappa shape index (κ3) is 5.49. The van der Waals surface area contributed by atoms with Crippen LogP contribution in [0.4, 0.5) is 5.13 Å². The lowest BCUT2D eigenvalue weighted by Crippen LogP contribution is -2.12. The van der Waals surface area contributed by atoms with Gasteiger partial charge < -0.3 is 9.73 Å². The van der Waals surface area contributed by atoms with E-state index in [2.05, 4.69) is 25.7 Å². The molecule has 7 nitrogen and oxygen atoms in total. The summed E-state index contributed by atoms with van der Waals surface area (Å²) in [6, 6.07) is 19.5. The lowest BCUT2D eigenvalue weighted by atomic mass is 10.1. The van der Waals surface area contributed by atoms with Crippen molar-refractivity contribution < 1.29 is 9.21 Å². The quantitative estimate of drug-likeness (QED) is 0.330. The minimum Gasteiger partial charge on any atom is -0.420 e. The van der Waals surface area contributed by atoms with Crippen molar-refractivity contribution in [1.82, 2.24) is 20.4 Å². The highest BCUT2D eigenvalue weighted by Gasteiger charge is 2.12. The first-order chi connectivity index (χ1) is 14.3. The predicted molar refractivity (Wildman–Crippen MR) is 113 cm³/mol. The number of anilines is 1. The molecular formula is C20H17N5O2S2. The topological polar surface area (TPSA) is 93.8 Å². The van der Waals surface area contributed by atoms with Crippen molar-refractivity contribution in [1.29, 1.82) is 0 Å². The van der Waals surface area contributed by atoms with E-state index in [1.807, 2.05) is 60.7 Å². The SMILES string of the molecule is O=C(CCc1ccccc1)Nc1nnc(SCc2nnc(-c3ccccc3)o2)s1. The highest BCUT2D eigenvalue weighted by atomic mass is 32.2. The van der Waals surface area contributed by atoms with E-state index in [1.165, 1.54) is 23.1 Å². The van der Waals surface area contributed by atoms with E-state index in [0.717, 1.165) is 15.5 Å². The Kier molecular flexibility index (Phi) is 6.28. The van der Waals surface area contributed by atoms with Crippen LogP contribution in [-0.2, 0) is 17.0 Å². The van der Waals surface area contributed by atoms with Gasteiger partial charge in [-0.3, -0.25) is 4.79 Å². The van der Waals surface area contributed by atoms with Crippen LogP contribution >= 0.6 is 23.1 Å². The monoisotopic (exact) mass is 423 g/mol. The standard InChI is InChI=1S/C20H17N5O2S2/c26-16(12-11-14-7-3-1-4-8-14)21-19-24-25-20(29-19)28-13-17-22-23-18(27-17)15-9-5-2-6-10-15/h1-10H,11-13H2,(H,21,24,26). The second-order valence-corrected chi connectivity index (χ2v) is 8.26. The summed E-state index contributed by atoms with van der Waals surface area (Å²) in [4.78, 5) is 12.1. The average Bonchev–Trinajstić information content (AvgIpc) is 3.42. The molecule has 0 radical (unpaired) electrons. The molecule has 0 bridgehead atoms. The fourth-order valence-electron chi connectivity index (χ4n) is 2.54. The molecule has 1 amide bonds. The fraction of sp³-hybridized carbons (Fsp3) is 0.150. The first kappa shape index (κ1) is 19.3. The number of thioether (sulfide) groups is 1. The number of hydrogen-bond donors (Lipinski definition) is 1. The molecule has 0 spiro atoms. The summed E-state index contributed by atoms with van der Waals surface area (Å²) in [6.07, 6.45) is 1.09. The van der Waals surface area contributed by atoms with Crippen LogP contribution in [0.3, 0.4) is 0 Å². The molecule has 0 saturated heterocycles. The zero-order valence-corrected chi connectivity index (χ0v) is 16.9. The van der Waals surface area contributed by atoms with Crippen molar-refractivity contribution in [3.63, 3.8) is 0 Å². The number of aryl methyl sites for hydroxylation is 1. The number of nitrogens with zero attached hydrogens (tertiary/aromatic N) is 4. The van der Waals surface area contributed by atoms with Crippen molar-refractivity contribution in [2.75, 3.05) is 5.32 Å². The zero-order valence-electron chi connectivity index (χ0n) is 15.3. The van der Waals surface area contributed by atoms with Gasteiger partial charge in [-0.25, -0.2) is 0 Å². The van der Waals surface area contributed by atoms with Gasteiger partial charge in [-0.15, -0.1) is 20.4 Å². The van der Waals surface area contributed by atoms with Gasteiger partial charge in [0.25, 0.3) is 0 Å². The highest BCUT2D eigenvalue weighted by molar-refractivity contribution is 8.00. The van der Waals surface area contributed by atoms with Crippen LogP contribution in [0, 0.1) is 0 Å². The van der Waals surface area contributed by atoms with Crippen molar-refractivity contribution in [3.05, 3.63) is 72.1 Å². The molecule has 0 aliphatic carbocycles. The lowest BCUT2D eigenvalue weighted by molar-refractivity contribution is -0.116. The molecule has 0 unspecified atom stereocenters. The summed E-state index contributed by atoms with van der Waals surface area (Å²) in [5.74, 6) is 1.41. The van der Waals surface area contributed by atoms with Crippen molar-refractivity contribution in [3.8, 4) is 11.5 Å². The van der Waals surface area contributed by atoms with Gasteiger partial charge in [0.2, 0.25) is 22.8 Å². The molecule has 2 heterocycles. The Morgan fingerprint density at radius 2 is 1.72 bits per heavy atom. The minimum absolute atomic E-state index is 0.0778. The number of nitrogens with one attached hydrogen (secondary N) is 1. The summed E-state index contributed by atoms with van der Waals surface area (Å²) < 4.78 is 6.41. The Labute approximate surface area is 175 Å². The summed E-state index contributed by atoms with van der Waals surface area (Å²) in [5, 5.41) is 19.5. The molecule has 29 heavy (non-hydrogen) atoms. The fourth-order valence-corrected chi connectivity index (χ4v) is 4.14. The Morgan fingerprint density at radius 3 is 2.52 bits per heavy atom. The van der Waals surface area contributed by atoms with Gasteiger partial charge in [-0.1, -0.05) is 71.6 Å². The van der Waals surface area contributed by atoms with Gasteiger partial charge in [0.05, 0.1) is 5.75 Å². The van der Waals surface area contributed by atoms with E-state index in [1.54, 1.807) is 0 Å². The molecule has 146 valence electrons. The van der Waals surface area contributed by atoms with Gasteiger partial charge in [-0.05, 0) is 24.1 Å². The molecule has 2 aromatic carbocycles. The lowest BCUT2D eigenvalue weighted by Gasteiger charge is -2.01. The van der Waals surface area contributed by atoms with Gasteiger partial charge in [-0.2, -0.15) is 0 Å². The third-order valence-electron chi connectivity index (χ3n) is 3.94. The van der Waals surface area contributed by atoms with Gasteiger partial charge >= 0.3 is 0 Å². The number of benzene rings is 2. The third-order valence-corrected chi connectivity index (χ3v) is 5.90. The van der Waals surface area contributed by atoms with Crippen LogP contribution in [-0.4, -0.2) is 26.3 Å². The molecule has 4 aromatic rings. The smallest absolute Gasteiger partial charge is 0.247 e. The van der Waals surface area contributed by atoms with Gasteiger partial charge in [0.15, 0.2) is 4.34 Å². The first-order valence-electron chi connectivity index (χ1n) is 8.94. The minimum atomic E-state index is -0.0778. The van der Waals surface area contributed by atoms with Crippen LogP contribution in [0.15, 0.2) is 69.4 Å².